The van der Waals surface area contributed by atoms with E-state index in [2.05, 4.69) is 21.0 Å². The zero-order chi connectivity index (χ0) is 20.1. The Hall–Kier alpha value is -3.36. The Balaban J connectivity index is 1.58. The second-order valence-corrected chi connectivity index (χ2v) is 7.70. The predicted octanol–water partition coefficient (Wildman–Crippen LogP) is 2.29. The van der Waals surface area contributed by atoms with Crippen LogP contribution >= 0.6 is 0 Å². The third kappa shape index (κ3) is 2.93. The molecule has 1 unspecified atom stereocenters. The zero-order valence-corrected chi connectivity index (χ0v) is 16.8. The van der Waals surface area contributed by atoms with Gasteiger partial charge in [-0.2, -0.15) is 9.61 Å². The normalized spacial score (nSPS) is 17.3. The van der Waals surface area contributed by atoms with Crippen LogP contribution in [0.1, 0.15) is 30.1 Å². The minimum atomic E-state index is 0.227. The number of rotatable bonds is 3. The van der Waals surface area contributed by atoms with Crippen LogP contribution in [-0.2, 0) is 7.05 Å². The fourth-order valence-corrected chi connectivity index (χ4v) is 4.18. The topological polar surface area (TPSA) is 99.4 Å². The minimum Gasteiger partial charge on any atom is -0.494 e. The van der Waals surface area contributed by atoms with Crippen LogP contribution in [0.25, 0.3) is 16.6 Å². The summed E-state index contributed by atoms with van der Waals surface area (Å²) in [4.78, 5) is 11.8. The highest BCUT2D eigenvalue weighted by Gasteiger charge is 2.26. The first-order chi connectivity index (χ1) is 14.0. The number of benzene rings is 1. The van der Waals surface area contributed by atoms with Crippen molar-refractivity contribution >= 4 is 28.2 Å². The van der Waals surface area contributed by atoms with Gasteiger partial charge in [0, 0.05) is 37.6 Å². The van der Waals surface area contributed by atoms with Gasteiger partial charge in [-0.05, 0) is 37.5 Å². The van der Waals surface area contributed by atoms with E-state index in [1.54, 1.807) is 11.6 Å². The molecule has 0 amide bonds. The number of nitrogen functional groups attached to an aromatic ring is 1. The second-order valence-electron chi connectivity index (χ2n) is 7.70. The molecule has 29 heavy (non-hydrogen) atoms. The Kier molecular flexibility index (Phi) is 4.04. The summed E-state index contributed by atoms with van der Waals surface area (Å²) in [6.07, 6.45) is 6.08. The van der Waals surface area contributed by atoms with Crippen LogP contribution in [-0.4, -0.2) is 49.6 Å². The predicted molar refractivity (Wildman–Crippen MR) is 111 cm³/mol. The van der Waals surface area contributed by atoms with Crippen LogP contribution in [0.5, 0.6) is 5.75 Å². The van der Waals surface area contributed by atoms with E-state index in [-0.39, 0.29) is 5.92 Å². The lowest BCUT2D eigenvalue weighted by Crippen LogP contribution is -2.34. The molecule has 2 N–H and O–H groups in total. The maximum absolute atomic E-state index is 6.22. The zero-order valence-electron chi connectivity index (χ0n) is 16.8. The summed E-state index contributed by atoms with van der Waals surface area (Å²) in [6.45, 7) is 3.90. The molecule has 3 aromatic heterocycles. The van der Waals surface area contributed by atoms with E-state index in [0.29, 0.717) is 17.2 Å². The van der Waals surface area contributed by atoms with Gasteiger partial charge in [0.25, 0.3) is 0 Å². The van der Waals surface area contributed by atoms with Crippen LogP contribution in [0.15, 0.2) is 24.5 Å². The molecule has 1 saturated heterocycles. The third-order valence-corrected chi connectivity index (χ3v) is 5.59. The number of aromatic nitrogens is 6. The monoisotopic (exact) mass is 392 g/mol. The summed E-state index contributed by atoms with van der Waals surface area (Å²) >= 11 is 0. The van der Waals surface area contributed by atoms with E-state index < -0.39 is 0 Å². The van der Waals surface area contributed by atoms with Crippen LogP contribution in [0.4, 0.5) is 11.6 Å². The minimum absolute atomic E-state index is 0.227. The van der Waals surface area contributed by atoms with E-state index in [0.717, 1.165) is 54.0 Å². The van der Waals surface area contributed by atoms with E-state index in [4.69, 9.17) is 20.6 Å². The standard InChI is InChI=1S/C20H24N8O/c1-12-7-15-17(16(8-12)29-3)23-20(21)28-19(15)24-18(25-28)13-5-4-6-27(10-13)14-9-22-26(2)11-14/h7-9,11,13H,4-6,10H2,1-3H3,(H2,21,23). The number of anilines is 2. The Bertz CT molecular complexity index is 1210. The van der Waals surface area contributed by atoms with Crippen molar-refractivity contribution in [2.75, 3.05) is 30.8 Å². The molecule has 0 bridgehead atoms. The number of hydrogen-bond donors (Lipinski definition) is 1. The number of methoxy groups -OCH3 is 1. The van der Waals surface area contributed by atoms with Crippen molar-refractivity contribution in [3.05, 3.63) is 35.9 Å². The van der Waals surface area contributed by atoms with E-state index in [9.17, 15) is 0 Å². The molecule has 0 saturated carbocycles. The summed E-state index contributed by atoms with van der Waals surface area (Å²) < 4.78 is 8.99. The molecule has 0 aliphatic carbocycles. The van der Waals surface area contributed by atoms with Crippen LogP contribution in [0.2, 0.25) is 0 Å². The molecule has 9 heteroatoms. The molecular formula is C20H24N8O. The second kappa shape index (κ2) is 6.61. The number of ether oxygens (including phenoxy) is 1. The molecule has 1 atom stereocenters. The number of nitrogens with two attached hydrogens (primary N) is 1. The highest BCUT2D eigenvalue weighted by molar-refractivity contribution is 5.96. The highest BCUT2D eigenvalue weighted by atomic mass is 16.5. The molecular weight excluding hydrogens is 368 g/mol. The molecule has 4 aromatic rings. The number of nitrogens with zero attached hydrogens (tertiary/aromatic N) is 7. The molecule has 0 radical (unpaired) electrons. The fourth-order valence-electron chi connectivity index (χ4n) is 4.18. The van der Waals surface area contributed by atoms with Crippen molar-refractivity contribution in [1.82, 2.24) is 29.4 Å². The molecule has 1 aliphatic rings. The van der Waals surface area contributed by atoms with E-state index in [1.807, 2.05) is 37.1 Å². The molecule has 150 valence electrons. The van der Waals surface area contributed by atoms with Gasteiger partial charge in [-0.25, -0.2) is 9.97 Å². The van der Waals surface area contributed by atoms with Crippen molar-refractivity contribution in [2.45, 2.75) is 25.7 Å². The summed E-state index contributed by atoms with van der Waals surface area (Å²) in [7, 11) is 3.58. The summed E-state index contributed by atoms with van der Waals surface area (Å²) in [6, 6.07) is 4.01. The van der Waals surface area contributed by atoms with Gasteiger partial charge in [-0.15, -0.1) is 5.10 Å². The molecule has 1 fully saturated rings. The Morgan fingerprint density at radius 2 is 2.10 bits per heavy atom. The Labute approximate surface area is 168 Å². The van der Waals surface area contributed by atoms with Gasteiger partial charge in [-0.3, -0.25) is 4.68 Å². The van der Waals surface area contributed by atoms with Gasteiger partial charge < -0.3 is 15.4 Å². The van der Waals surface area contributed by atoms with Gasteiger partial charge in [0.1, 0.15) is 11.3 Å². The molecule has 0 spiro atoms. The number of fused-ring (bicyclic) bond motifs is 3. The maximum atomic E-state index is 6.22. The maximum Gasteiger partial charge on any atom is 0.223 e. The van der Waals surface area contributed by atoms with E-state index in [1.165, 1.54) is 0 Å². The summed E-state index contributed by atoms with van der Waals surface area (Å²) in [5, 5.41) is 9.93. The summed E-state index contributed by atoms with van der Waals surface area (Å²) in [5.74, 6) is 2.04. The van der Waals surface area contributed by atoms with Crippen molar-refractivity contribution in [2.24, 2.45) is 7.05 Å². The van der Waals surface area contributed by atoms with Gasteiger partial charge >= 0.3 is 0 Å². The largest absolute Gasteiger partial charge is 0.494 e. The van der Waals surface area contributed by atoms with Crippen LogP contribution in [0.3, 0.4) is 0 Å². The molecule has 9 nitrogen and oxygen atoms in total. The first kappa shape index (κ1) is 17.7. The SMILES string of the molecule is COc1cc(C)cc2c1nc(N)n1nc(C3CCCN(c4cnn(C)c4)C3)nc21. The fraction of sp³-hybridized carbons (Fsp3) is 0.400. The quantitative estimate of drug-likeness (QED) is 0.571. The molecule has 4 heterocycles. The lowest BCUT2D eigenvalue weighted by atomic mass is 9.97. The van der Waals surface area contributed by atoms with Crippen LogP contribution < -0.4 is 15.4 Å². The van der Waals surface area contributed by atoms with Gasteiger partial charge in [0.2, 0.25) is 5.95 Å². The first-order valence-corrected chi connectivity index (χ1v) is 9.77. The molecule has 1 aliphatic heterocycles. The Morgan fingerprint density at radius 1 is 1.24 bits per heavy atom. The summed E-state index contributed by atoms with van der Waals surface area (Å²) in [5.41, 5.74) is 9.87. The molecule has 5 rings (SSSR count). The average molecular weight is 392 g/mol. The van der Waals surface area contributed by atoms with Crippen molar-refractivity contribution < 1.29 is 4.74 Å². The van der Waals surface area contributed by atoms with Crippen molar-refractivity contribution in [3.8, 4) is 5.75 Å². The average Bonchev–Trinajstić information content (AvgIpc) is 3.36. The smallest absolute Gasteiger partial charge is 0.223 e. The first-order valence-electron chi connectivity index (χ1n) is 9.77. The van der Waals surface area contributed by atoms with Crippen molar-refractivity contribution in [1.29, 1.82) is 0 Å². The van der Waals surface area contributed by atoms with Crippen LogP contribution in [0, 0.1) is 6.92 Å². The van der Waals surface area contributed by atoms with Gasteiger partial charge in [0.05, 0.1) is 19.0 Å². The number of aryl methyl sites for hydroxylation is 2. The highest BCUT2D eigenvalue weighted by Crippen LogP contribution is 2.32. The Morgan fingerprint density at radius 3 is 2.86 bits per heavy atom. The third-order valence-electron chi connectivity index (χ3n) is 5.59. The number of piperidine rings is 1. The van der Waals surface area contributed by atoms with Gasteiger partial charge in [0.15, 0.2) is 11.5 Å². The number of hydrogen-bond acceptors (Lipinski definition) is 7. The molecule has 1 aromatic carbocycles. The van der Waals surface area contributed by atoms with E-state index >= 15 is 0 Å². The lowest BCUT2D eigenvalue weighted by Gasteiger charge is -2.32. The van der Waals surface area contributed by atoms with Gasteiger partial charge in [-0.1, -0.05) is 0 Å². The van der Waals surface area contributed by atoms with Crippen molar-refractivity contribution in [3.63, 3.8) is 0 Å². The lowest BCUT2D eigenvalue weighted by molar-refractivity contribution is 0.418.